The van der Waals surface area contributed by atoms with Gasteiger partial charge in [-0.2, -0.15) is 5.26 Å². The molecule has 0 aromatic heterocycles. The Morgan fingerprint density at radius 1 is 1.40 bits per heavy atom. The summed E-state index contributed by atoms with van der Waals surface area (Å²) in [4.78, 5) is 11.4. The van der Waals surface area contributed by atoms with E-state index in [9.17, 15) is 13.2 Å². The Hall–Kier alpha value is -2.11. The molecular formula is C12H14N2O5S. The fourth-order valence-corrected chi connectivity index (χ4v) is 2.49. The van der Waals surface area contributed by atoms with Gasteiger partial charge in [-0.05, 0) is 12.1 Å². The molecule has 0 unspecified atom stereocenters. The lowest BCUT2D eigenvalue weighted by Gasteiger charge is -2.10. The van der Waals surface area contributed by atoms with Gasteiger partial charge in [-0.3, -0.25) is 0 Å². The summed E-state index contributed by atoms with van der Waals surface area (Å²) < 4.78 is 35.7. The smallest absolute Gasteiger partial charge is 0.341 e. The number of nitrogens with zero attached hydrogens (tertiary/aromatic N) is 1. The molecule has 0 bridgehead atoms. The third kappa shape index (κ3) is 3.69. The van der Waals surface area contributed by atoms with E-state index in [-0.39, 0.29) is 29.2 Å². The molecular weight excluding hydrogens is 284 g/mol. The highest BCUT2D eigenvalue weighted by Crippen LogP contribution is 2.23. The molecule has 0 heterocycles. The summed E-state index contributed by atoms with van der Waals surface area (Å²) in [7, 11) is -1.21. The van der Waals surface area contributed by atoms with Crippen molar-refractivity contribution in [2.75, 3.05) is 20.8 Å². The number of esters is 1. The minimum Gasteiger partial charge on any atom is -0.496 e. The second-order valence-corrected chi connectivity index (χ2v) is 5.43. The van der Waals surface area contributed by atoms with E-state index in [4.69, 9.17) is 10.00 Å². The first-order valence-corrected chi connectivity index (χ1v) is 7.07. The predicted octanol–water partition coefficient (Wildman–Crippen LogP) is 0.674. The number of carbonyl (C=O) groups is 1. The maximum atomic E-state index is 11.9. The van der Waals surface area contributed by atoms with Crippen LogP contribution in [0.3, 0.4) is 0 Å². The van der Waals surface area contributed by atoms with Crippen LogP contribution in [0.25, 0.3) is 0 Å². The highest BCUT2D eigenvalue weighted by Gasteiger charge is 2.19. The summed E-state index contributed by atoms with van der Waals surface area (Å²) in [5.41, 5.74) is 0.131. The van der Waals surface area contributed by atoms with Gasteiger partial charge in [0.25, 0.3) is 0 Å². The Kier molecular flexibility index (Phi) is 5.49. The zero-order chi connectivity index (χ0) is 15.2. The number of rotatable bonds is 6. The van der Waals surface area contributed by atoms with Gasteiger partial charge in [0.2, 0.25) is 10.0 Å². The Morgan fingerprint density at radius 2 is 2.10 bits per heavy atom. The number of nitriles is 1. The second kappa shape index (κ2) is 6.88. The summed E-state index contributed by atoms with van der Waals surface area (Å²) >= 11 is 0. The molecule has 0 aliphatic heterocycles. The average molecular weight is 298 g/mol. The lowest BCUT2D eigenvalue weighted by Crippen LogP contribution is -2.24. The molecule has 1 aromatic rings. The summed E-state index contributed by atoms with van der Waals surface area (Å²) in [5, 5.41) is 8.38. The van der Waals surface area contributed by atoms with Crippen LogP contribution in [0.4, 0.5) is 0 Å². The molecule has 0 aliphatic carbocycles. The van der Waals surface area contributed by atoms with E-state index < -0.39 is 16.0 Å². The Bertz CT molecular complexity index is 634. The third-order valence-corrected chi connectivity index (χ3v) is 3.88. The molecule has 0 atom stereocenters. The van der Waals surface area contributed by atoms with Crippen LogP contribution in [0.2, 0.25) is 0 Å². The number of nitrogens with one attached hydrogen (secondary N) is 1. The van der Waals surface area contributed by atoms with Crippen molar-refractivity contribution in [3.63, 3.8) is 0 Å². The van der Waals surface area contributed by atoms with Crippen LogP contribution in [-0.2, 0) is 14.8 Å². The van der Waals surface area contributed by atoms with Crippen molar-refractivity contribution in [3.8, 4) is 11.8 Å². The van der Waals surface area contributed by atoms with Gasteiger partial charge in [0, 0.05) is 19.0 Å². The van der Waals surface area contributed by atoms with Crippen molar-refractivity contribution >= 4 is 16.0 Å². The van der Waals surface area contributed by atoms with Crippen molar-refractivity contribution in [2.45, 2.75) is 11.3 Å². The number of methoxy groups -OCH3 is 2. The van der Waals surface area contributed by atoms with Gasteiger partial charge in [-0.1, -0.05) is 0 Å². The van der Waals surface area contributed by atoms with Crippen LogP contribution in [0.15, 0.2) is 23.1 Å². The van der Waals surface area contributed by atoms with Crippen LogP contribution in [0, 0.1) is 11.3 Å². The molecule has 8 heteroatoms. The number of hydrogen-bond acceptors (Lipinski definition) is 6. The number of sulfonamides is 1. The largest absolute Gasteiger partial charge is 0.496 e. The van der Waals surface area contributed by atoms with Gasteiger partial charge in [0.1, 0.15) is 11.3 Å². The lowest BCUT2D eigenvalue weighted by molar-refractivity contribution is 0.0597. The van der Waals surface area contributed by atoms with E-state index >= 15 is 0 Å². The first kappa shape index (κ1) is 15.9. The zero-order valence-corrected chi connectivity index (χ0v) is 11.9. The van der Waals surface area contributed by atoms with Gasteiger partial charge in [-0.25, -0.2) is 17.9 Å². The summed E-state index contributed by atoms with van der Waals surface area (Å²) in [6, 6.07) is 5.63. The van der Waals surface area contributed by atoms with E-state index in [2.05, 4.69) is 9.46 Å². The number of ether oxygens (including phenoxy) is 2. The van der Waals surface area contributed by atoms with E-state index in [1.807, 2.05) is 6.07 Å². The number of carbonyl (C=O) groups excluding carboxylic acids is 1. The van der Waals surface area contributed by atoms with E-state index in [1.54, 1.807) is 0 Å². The Morgan fingerprint density at radius 3 is 2.65 bits per heavy atom. The second-order valence-electron chi connectivity index (χ2n) is 3.66. The van der Waals surface area contributed by atoms with Crippen LogP contribution >= 0.6 is 0 Å². The van der Waals surface area contributed by atoms with Crippen molar-refractivity contribution < 1.29 is 22.7 Å². The van der Waals surface area contributed by atoms with Crippen LogP contribution in [0.1, 0.15) is 16.8 Å². The molecule has 20 heavy (non-hydrogen) atoms. The Labute approximate surface area is 117 Å². The zero-order valence-electron chi connectivity index (χ0n) is 11.0. The Balaban J connectivity index is 3.10. The minimum absolute atomic E-state index is 0.0138. The first-order valence-electron chi connectivity index (χ1n) is 5.59. The molecule has 0 spiro atoms. The van der Waals surface area contributed by atoms with Crippen molar-refractivity contribution in [3.05, 3.63) is 23.8 Å². The number of benzene rings is 1. The lowest BCUT2D eigenvalue weighted by atomic mass is 10.2. The molecule has 108 valence electrons. The molecule has 0 amide bonds. The summed E-state index contributed by atoms with van der Waals surface area (Å²) in [5.74, 6) is -0.525. The van der Waals surface area contributed by atoms with Crippen LogP contribution in [-0.4, -0.2) is 35.2 Å². The monoisotopic (exact) mass is 298 g/mol. The van der Waals surface area contributed by atoms with Gasteiger partial charge >= 0.3 is 5.97 Å². The molecule has 0 saturated heterocycles. The molecule has 0 fully saturated rings. The average Bonchev–Trinajstić information content (AvgIpc) is 2.45. The van der Waals surface area contributed by atoms with Crippen molar-refractivity contribution in [2.24, 2.45) is 0 Å². The normalized spacial score (nSPS) is 10.7. The quantitative estimate of drug-likeness (QED) is 0.611. The fourth-order valence-electron chi connectivity index (χ4n) is 1.44. The van der Waals surface area contributed by atoms with Gasteiger partial charge in [0.05, 0.1) is 25.2 Å². The van der Waals surface area contributed by atoms with Crippen LogP contribution in [0.5, 0.6) is 5.75 Å². The standard InChI is InChI=1S/C12H14N2O5S/c1-18-11-8-9(4-5-10(11)12(15)19-2)20(16,17)14-7-3-6-13/h4-5,8,14H,3,7H2,1-2H3. The highest BCUT2D eigenvalue weighted by molar-refractivity contribution is 7.89. The summed E-state index contributed by atoms with van der Waals surface area (Å²) in [6.45, 7) is 0.0138. The van der Waals surface area contributed by atoms with Crippen LogP contribution < -0.4 is 9.46 Å². The minimum atomic E-state index is -3.75. The third-order valence-electron chi connectivity index (χ3n) is 2.42. The van der Waals surface area contributed by atoms with E-state index in [0.29, 0.717) is 0 Å². The molecule has 0 saturated carbocycles. The van der Waals surface area contributed by atoms with Gasteiger partial charge < -0.3 is 9.47 Å². The van der Waals surface area contributed by atoms with Crippen molar-refractivity contribution in [1.29, 1.82) is 5.26 Å². The number of hydrogen-bond donors (Lipinski definition) is 1. The highest BCUT2D eigenvalue weighted by atomic mass is 32.2. The van der Waals surface area contributed by atoms with Gasteiger partial charge in [-0.15, -0.1) is 0 Å². The maximum Gasteiger partial charge on any atom is 0.341 e. The van der Waals surface area contributed by atoms with E-state index in [1.165, 1.54) is 32.4 Å². The molecule has 1 aromatic carbocycles. The topological polar surface area (TPSA) is 105 Å². The summed E-state index contributed by atoms with van der Waals surface area (Å²) in [6.07, 6.45) is 0.0661. The van der Waals surface area contributed by atoms with Gasteiger partial charge in [0.15, 0.2) is 0 Å². The molecule has 0 radical (unpaired) electrons. The molecule has 0 aliphatic rings. The van der Waals surface area contributed by atoms with E-state index in [0.717, 1.165) is 0 Å². The SMILES string of the molecule is COC(=O)c1ccc(S(=O)(=O)NCCC#N)cc1OC. The fraction of sp³-hybridized carbons (Fsp3) is 0.333. The maximum absolute atomic E-state index is 11.9. The first-order chi connectivity index (χ1) is 9.46. The molecule has 1 N–H and O–H groups in total. The predicted molar refractivity (Wildman–Crippen MR) is 69.8 cm³/mol. The van der Waals surface area contributed by atoms with Crippen molar-refractivity contribution in [1.82, 2.24) is 4.72 Å². The molecule has 1 rings (SSSR count). The molecule has 7 nitrogen and oxygen atoms in total.